The molecule has 1 heterocycles. The van der Waals surface area contributed by atoms with Gasteiger partial charge in [0.1, 0.15) is 12.3 Å². The number of ether oxygens (including phenoxy) is 1. The lowest BCUT2D eigenvalue weighted by atomic mass is 10.2. The Kier molecular flexibility index (Phi) is 5.32. The van der Waals surface area contributed by atoms with Gasteiger partial charge in [0, 0.05) is 10.7 Å². The number of carbonyl (C=O) groups excluding carboxylic acids is 4. The van der Waals surface area contributed by atoms with E-state index in [0.29, 0.717) is 21.4 Å². The number of hydrogen-bond donors (Lipinski definition) is 1. The van der Waals surface area contributed by atoms with Gasteiger partial charge in [-0.1, -0.05) is 17.7 Å². The second-order valence-electron chi connectivity index (χ2n) is 6.02. The fourth-order valence-electron chi connectivity index (χ4n) is 2.67. The molecule has 0 atom stereocenters. The van der Waals surface area contributed by atoms with E-state index in [4.69, 9.17) is 16.3 Å². The van der Waals surface area contributed by atoms with Crippen LogP contribution in [-0.2, 0) is 14.4 Å². The van der Waals surface area contributed by atoms with Gasteiger partial charge in [0.25, 0.3) is 0 Å². The summed E-state index contributed by atoms with van der Waals surface area (Å²) in [5, 5.41) is 3.01. The zero-order valence-electron chi connectivity index (χ0n) is 15.1. The van der Waals surface area contributed by atoms with Crippen LogP contribution in [0.3, 0.4) is 0 Å². The monoisotopic (exact) mass is 401 g/mol. The van der Waals surface area contributed by atoms with Gasteiger partial charge in [-0.05, 0) is 48.9 Å². The number of amides is 5. The predicted octanol–water partition coefficient (Wildman–Crippen LogP) is 2.59. The van der Waals surface area contributed by atoms with E-state index >= 15 is 0 Å². The van der Waals surface area contributed by atoms with Crippen LogP contribution in [0.5, 0.6) is 5.75 Å². The van der Waals surface area contributed by atoms with Crippen LogP contribution in [0.4, 0.5) is 16.2 Å². The molecule has 1 saturated heterocycles. The molecule has 144 valence electrons. The van der Waals surface area contributed by atoms with Crippen molar-refractivity contribution >= 4 is 46.7 Å². The molecule has 1 aliphatic rings. The van der Waals surface area contributed by atoms with Crippen molar-refractivity contribution in [3.05, 3.63) is 53.1 Å². The number of imide groups is 2. The maximum Gasteiger partial charge on any atom is 0.339 e. The van der Waals surface area contributed by atoms with Gasteiger partial charge in [0.05, 0.1) is 12.8 Å². The Morgan fingerprint density at radius 1 is 1.07 bits per heavy atom. The third kappa shape index (κ3) is 3.67. The zero-order valence-corrected chi connectivity index (χ0v) is 15.8. The van der Waals surface area contributed by atoms with Crippen molar-refractivity contribution in [2.75, 3.05) is 23.9 Å². The number of rotatable bonds is 5. The minimum absolute atomic E-state index is 0.206. The van der Waals surface area contributed by atoms with Crippen LogP contribution in [0.2, 0.25) is 5.02 Å². The first-order valence-corrected chi connectivity index (χ1v) is 8.59. The van der Waals surface area contributed by atoms with Crippen molar-refractivity contribution in [2.24, 2.45) is 0 Å². The Balaban J connectivity index is 1.76. The SMILES string of the molecule is COc1ccc(N2C(=O)C(=O)N(CC(=O)Nc3cc(Cl)ccc3C)C2=O)cc1. The van der Waals surface area contributed by atoms with Gasteiger partial charge in [-0.25, -0.2) is 14.6 Å². The lowest BCUT2D eigenvalue weighted by Crippen LogP contribution is -2.39. The Morgan fingerprint density at radius 2 is 1.75 bits per heavy atom. The summed E-state index contributed by atoms with van der Waals surface area (Å²) in [4.78, 5) is 50.7. The molecule has 5 amide bonds. The molecular formula is C19H16ClN3O5. The molecule has 3 rings (SSSR count). The fourth-order valence-corrected chi connectivity index (χ4v) is 2.84. The quantitative estimate of drug-likeness (QED) is 0.613. The highest BCUT2D eigenvalue weighted by atomic mass is 35.5. The molecule has 1 N–H and O–H groups in total. The van der Waals surface area contributed by atoms with E-state index in [1.54, 1.807) is 37.3 Å². The van der Waals surface area contributed by atoms with Crippen LogP contribution >= 0.6 is 11.6 Å². The van der Waals surface area contributed by atoms with Crippen molar-refractivity contribution in [3.8, 4) is 5.75 Å². The highest BCUT2D eigenvalue weighted by Gasteiger charge is 2.46. The Morgan fingerprint density at radius 3 is 2.39 bits per heavy atom. The molecule has 0 saturated carbocycles. The normalized spacial score (nSPS) is 13.9. The Hall–Kier alpha value is -3.39. The maximum absolute atomic E-state index is 12.6. The average Bonchev–Trinajstić information content (AvgIpc) is 2.88. The molecule has 0 aromatic heterocycles. The van der Waals surface area contributed by atoms with E-state index in [1.807, 2.05) is 0 Å². The topological polar surface area (TPSA) is 96.0 Å². The van der Waals surface area contributed by atoms with Crippen LogP contribution in [0.1, 0.15) is 5.56 Å². The summed E-state index contributed by atoms with van der Waals surface area (Å²) in [7, 11) is 1.48. The molecule has 0 aliphatic carbocycles. The smallest absolute Gasteiger partial charge is 0.339 e. The van der Waals surface area contributed by atoms with Crippen LogP contribution in [0.15, 0.2) is 42.5 Å². The second-order valence-corrected chi connectivity index (χ2v) is 6.46. The molecule has 1 fully saturated rings. The molecular weight excluding hydrogens is 386 g/mol. The number of methoxy groups -OCH3 is 1. The van der Waals surface area contributed by atoms with Crippen molar-refractivity contribution in [1.82, 2.24) is 4.90 Å². The van der Waals surface area contributed by atoms with Crippen molar-refractivity contribution in [3.63, 3.8) is 0 Å². The lowest BCUT2D eigenvalue weighted by Gasteiger charge is -2.16. The number of anilines is 2. The Bertz CT molecular complexity index is 974. The van der Waals surface area contributed by atoms with Gasteiger partial charge in [0.2, 0.25) is 5.91 Å². The first-order chi connectivity index (χ1) is 13.3. The van der Waals surface area contributed by atoms with Crippen LogP contribution < -0.4 is 15.0 Å². The third-order valence-corrected chi connectivity index (χ3v) is 4.39. The summed E-state index contributed by atoms with van der Waals surface area (Å²) in [5.41, 5.74) is 1.42. The van der Waals surface area contributed by atoms with Gasteiger partial charge >= 0.3 is 17.8 Å². The second kappa shape index (κ2) is 7.69. The molecule has 9 heteroatoms. The maximum atomic E-state index is 12.6. The third-order valence-electron chi connectivity index (χ3n) is 4.16. The van der Waals surface area contributed by atoms with Gasteiger partial charge in [-0.15, -0.1) is 0 Å². The van der Waals surface area contributed by atoms with Gasteiger partial charge in [-0.2, -0.15) is 0 Å². The molecule has 0 radical (unpaired) electrons. The van der Waals surface area contributed by atoms with Crippen LogP contribution in [0.25, 0.3) is 0 Å². The molecule has 8 nitrogen and oxygen atoms in total. The number of halogens is 1. The zero-order chi connectivity index (χ0) is 20.4. The van der Waals surface area contributed by atoms with Crippen molar-refractivity contribution in [1.29, 1.82) is 0 Å². The number of nitrogens with zero attached hydrogens (tertiary/aromatic N) is 2. The van der Waals surface area contributed by atoms with E-state index in [-0.39, 0.29) is 5.69 Å². The number of benzene rings is 2. The number of urea groups is 1. The molecule has 2 aromatic rings. The summed E-state index contributed by atoms with van der Waals surface area (Å²) in [6.07, 6.45) is 0. The van der Waals surface area contributed by atoms with Gasteiger partial charge in [-0.3, -0.25) is 14.4 Å². The summed E-state index contributed by atoms with van der Waals surface area (Å²) in [6, 6.07) is 10.1. The fraction of sp³-hybridized carbons (Fsp3) is 0.158. The highest BCUT2D eigenvalue weighted by Crippen LogP contribution is 2.25. The molecule has 28 heavy (non-hydrogen) atoms. The van der Waals surface area contributed by atoms with E-state index in [1.165, 1.54) is 19.2 Å². The first kappa shape index (κ1) is 19.4. The molecule has 0 unspecified atom stereocenters. The van der Waals surface area contributed by atoms with Gasteiger partial charge in [0.15, 0.2) is 0 Å². The lowest BCUT2D eigenvalue weighted by molar-refractivity contribution is -0.140. The van der Waals surface area contributed by atoms with Crippen LogP contribution in [0, 0.1) is 6.92 Å². The molecule has 0 bridgehead atoms. The average molecular weight is 402 g/mol. The summed E-state index contributed by atoms with van der Waals surface area (Å²) < 4.78 is 5.03. The molecule has 2 aromatic carbocycles. The molecule has 1 aliphatic heterocycles. The largest absolute Gasteiger partial charge is 0.497 e. The number of aryl methyl sites for hydroxylation is 1. The highest BCUT2D eigenvalue weighted by molar-refractivity contribution is 6.53. The van der Waals surface area contributed by atoms with Crippen molar-refractivity contribution < 1.29 is 23.9 Å². The minimum atomic E-state index is -1.07. The van der Waals surface area contributed by atoms with E-state index in [2.05, 4.69) is 5.32 Å². The van der Waals surface area contributed by atoms with Crippen molar-refractivity contribution in [2.45, 2.75) is 6.92 Å². The molecule has 0 spiro atoms. The first-order valence-electron chi connectivity index (χ1n) is 8.22. The predicted molar refractivity (Wildman–Crippen MR) is 102 cm³/mol. The Labute approximate surface area is 165 Å². The van der Waals surface area contributed by atoms with E-state index < -0.39 is 30.3 Å². The van der Waals surface area contributed by atoms with Gasteiger partial charge < -0.3 is 10.1 Å². The van der Waals surface area contributed by atoms with Crippen LogP contribution in [-0.4, -0.2) is 42.3 Å². The summed E-state index contributed by atoms with van der Waals surface area (Å²) in [6.45, 7) is 1.18. The number of nitrogens with one attached hydrogen (secondary N) is 1. The minimum Gasteiger partial charge on any atom is -0.497 e. The summed E-state index contributed by atoms with van der Waals surface area (Å²) >= 11 is 5.91. The number of carbonyl (C=O) groups is 4. The number of hydrogen-bond acceptors (Lipinski definition) is 5. The van der Waals surface area contributed by atoms with E-state index in [9.17, 15) is 19.2 Å². The van der Waals surface area contributed by atoms with E-state index in [0.717, 1.165) is 10.5 Å². The summed E-state index contributed by atoms with van der Waals surface area (Å²) in [5.74, 6) is -2.19. The standard InChI is InChI=1S/C19H16ClN3O5/c1-11-3-4-12(20)9-15(11)21-16(24)10-22-17(25)18(26)23(19(22)27)13-5-7-14(28-2)8-6-13/h3-9H,10H2,1-2H3,(H,21,24).